The Kier molecular flexibility index (Phi) is 11.0. The van der Waals surface area contributed by atoms with Crippen molar-refractivity contribution >= 4 is 64.5 Å². The molecule has 0 atom stereocenters. The van der Waals surface area contributed by atoms with Crippen LogP contribution >= 0.6 is 18.7 Å². The van der Waals surface area contributed by atoms with Crippen molar-refractivity contribution in [2.45, 2.75) is 25.8 Å². The number of methoxy groups -OCH3 is 1. The quantitative estimate of drug-likeness (QED) is 0.154. The third-order valence-corrected chi connectivity index (χ3v) is 11.3. The molecule has 2 aliphatic rings. The highest BCUT2D eigenvalue weighted by atomic mass is 35.5. The Balaban J connectivity index is 1.29. The molecule has 1 aromatic heterocycles. The van der Waals surface area contributed by atoms with Gasteiger partial charge in [0, 0.05) is 62.2 Å². The van der Waals surface area contributed by atoms with Gasteiger partial charge in [0.15, 0.2) is 5.82 Å². The van der Waals surface area contributed by atoms with Crippen LogP contribution in [0.1, 0.15) is 28.8 Å². The van der Waals surface area contributed by atoms with E-state index in [2.05, 4.69) is 47.7 Å². The number of aryl methyl sites for hydroxylation is 1. The number of benzene rings is 3. The largest absolute Gasteiger partial charge is 0.494 e. The molecule has 2 fully saturated rings. The van der Waals surface area contributed by atoms with E-state index in [1.165, 1.54) is 6.20 Å². The molecule has 11 nitrogen and oxygen atoms in total. The molecule has 13 heteroatoms. The standard InChI is InChI=1S/C37H46ClN8O3P/c1-25-10-12-26(13-11-25)36(47)41-30-22-31(33(49-3)23-32(30)46-16-14-27(15-17-46)45-20-18-44(2)19-21-45)42-37-39-24-28(38)35(43-37)40-29-8-6-7-9-34(29)50(4,5)48/h6-13,22-24,27H,14-21H2,1-5H3,(H,41,47)(H2,39,40,42,43). The maximum Gasteiger partial charge on any atom is 0.255 e. The van der Waals surface area contributed by atoms with E-state index in [9.17, 15) is 9.36 Å². The molecule has 3 heterocycles. The number of para-hydroxylation sites is 1. The van der Waals surface area contributed by atoms with Gasteiger partial charge in [0.2, 0.25) is 5.95 Å². The van der Waals surface area contributed by atoms with Gasteiger partial charge >= 0.3 is 0 Å². The van der Waals surface area contributed by atoms with Crippen molar-refractivity contribution in [1.29, 1.82) is 0 Å². The highest BCUT2D eigenvalue weighted by Gasteiger charge is 2.29. The van der Waals surface area contributed by atoms with E-state index in [1.54, 1.807) is 20.4 Å². The van der Waals surface area contributed by atoms with Gasteiger partial charge in [0.1, 0.15) is 17.9 Å². The molecule has 6 rings (SSSR count). The second kappa shape index (κ2) is 15.4. The number of nitrogens with zero attached hydrogens (tertiary/aromatic N) is 5. The molecule has 50 heavy (non-hydrogen) atoms. The Morgan fingerprint density at radius 2 is 1.62 bits per heavy atom. The van der Waals surface area contributed by atoms with Crippen molar-refractivity contribution in [3.63, 3.8) is 0 Å². The molecule has 0 aliphatic carbocycles. The maximum atomic E-state index is 13.6. The molecule has 0 radical (unpaired) electrons. The molecule has 0 spiro atoms. The summed E-state index contributed by atoms with van der Waals surface area (Å²) in [7, 11) is 1.22. The molecular formula is C37H46ClN8O3P. The zero-order valence-electron chi connectivity index (χ0n) is 29.4. The zero-order chi connectivity index (χ0) is 35.4. The molecular weight excluding hydrogens is 671 g/mol. The fraction of sp³-hybridized carbons (Fsp3) is 0.378. The first-order valence-electron chi connectivity index (χ1n) is 17.0. The summed E-state index contributed by atoms with van der Waals surface area (Å²) < 4.78 is 18.9. The van der Waals surface area contributed by atoms with E-state index >= 15 is 0 Å². The molecule has 2 saturated heterocycles. The molecule has 2 aliphatic heterocycles. The van der Waals surface area contributed by atoms with Crippen LogP contribution in [0.25, 0.3) is 0 Å². The van der Waals surface area contributed by atoms with E-state index in [0.29, 0.717) is 50.6 Å². The van der Waals surface area contributed by atoms with Gasteiger partial charge in [-0.25, -0.2) is 4.98 Å². The topological polar surface area (TPSA) is 115 Å². The minimum atomic E-state index is -2.58. The number of amides is 1. The molecule has 1 amide bonds. The number of carbonyl (C=O) groups excluding carboxylic acids is 1. The average Bonchev–Trinajstić information content (AvgIpc) is 3.10. The summed E-state index contributed by atoms with van der Waals surface area (Å²) in [6.07, 6.45) is 3.59. The summed E-state index contributed by atoms with van der Waals surface area (Å²) in [6.45, 7) is 11.6. The summed E-state index contributed by atoms with van der Waals surface area (Å²) in [5.41, 5.74) is 4.43. The van der Waals surface area contributed by atoms with Crippen LogP contribution in [0.2, 0.25) is 5.02 Å². The van der Waals surface area contributed by atoms with Crippen molar-refractivity contribution < 1.29 is 14.1 Å². The number of piperazine rings is 1. The minimum absolute atomic E-state index is 0.202. The average molecular weight is 717 g/mol. The number of piperidine rings is 1. The van der Waals surface area contributed by atoms with Crippen LogP contribution in [0.3, 0.4) is 0 Å². The van der Waals surface area contributed by atoms with Crippen molar-refractivity contribution in [2.24, 2.45) is 0 Å². The first-order chi connectivity index (χ1) is 24.0. The smallest absolute Gasteiger partial charge is 0.255 e. The number of rotatable bonds is 10. The van der Waals surface area contributed by atoms with Crippen LogP contribution in [0.4, 0.5) is 34.5 Å². The first-order valence-corrected chi connectivity index (χ1v) is 19.9. The highest BCUT2D eigenvalue weighted by molar-refractivity contribution is 7.70. The van der Waals surface area contributed by atoms with Gasteiger partial charge in [-0.3, -0.25) is 9.69 Å². The van der Waals surface area contributed by atoms with Crippen LogP contribution in [0.15, 0.2) is 66.9 Å². The van der Waals surface area contributed by atoms with E-state index in [4.69, 9.17) is 16.3 Å². The van der Waals surface area contributed by atoms with Gasteiger partial charge in [-0.2, -0.15) is 4.98 Å². The van der Waals surface area contributed by atoms with Gasteiger partial charge in [0.25, 0.3) is 5.91 Å². The number of carbonyl (C=O) groups is 1. The lowest BCUT2D eigenvalue weighted by Gasteiger charge is -2.43. The second-order valence-electron chi connectivity index (χ2n) is 13.5. The van der Waals surface area contributed by atoms with Gasteiger partial charge in [-0.1, -0.05) is 41.4 Å². The third-order valence-electron chi connectivity index (χ3n) is 9.47. The number of ether oxygens (including phenoxy) is 1. The molecule has 264 valence electrons. The molecule has 0 saturated carbocycles. The van der Waals surface area contributed by atoms with Gasteiger partial charge in [-0.15, -0.1) is 0 Å². The normalized spacial score (nSPS) is 16.2. The fourth-order valence-corrected chi connectivity index (χ4v) is 7.86. The Hall–Kier alpha value is -4.15. The Morgan fingerprint density at radius 3 is 2.30 bits per heavy atom. The second-order valence-corrected chi connectivity index (χ2v) is 17.0. The molecule has 4 aromatic rings. The van der Waals surface area contributed by atoms with Crippen LogP contribution in [-0.2, 0) is 4.57 Å². The molecule has 3 aromatic carbocycles. The molecule has 3 N–H and O–H groups in total. The van der Waals surface area contributed by atoms with Crippen LogP contribution < -0.4 is 30.9 Å². The lowest BCUT2D eigenvalue weighted by atomic mass is 10.0. The number of nitrogens with one attached hydrogen (secondary N) is 3. The van der Waals surface area contributed by atoms with Gasteiger partial charge < -0.3 is 35.1 Å². The number of halogens is 1. The summed E-state index contributed by atoms with van der Waals surface area (Å²) in [4.78, 5) is 30.0. The Bertz CT molecular complexity index is 1870. The van der Waals surface area contributed by atoms with Crippen molar-refractivity contribution in [2.75, 3.05) is 87.6 Å². The molecule has 0 unspecified atom stereocenters. The van der Waals surface area contributed by atoms with E-state index in [0.717, 1.165) is 63.4 Å². The van der Waals surface area contributed by atoms with E-state index < -0.39 is 7.14 Å². The minimum Gasteiger partial charge on any atom is -0.494 e. The summed E-state index contributed by atoms with van der Waals surface area (Å²) in [5.74, 6) is 0.995. The summed E-state index contributed by atoms with van der Waals surface area (Å²) in [6, 6.07) is 19.3. The summed E-state index contributed by atoms with van der Waals surface area (Å²) in [5, 5.41) is 10.7. The third kappa shape index (κ3) is 8.41. The van der Waals surface area contributed by atoms with Crippen molar-refractivity contribution in [3.05, 3.63) is 83.0 Å². The number of hydrogen-bond donors (Lipinski definition) is 3. The van der Waals surface area contributed by atoms with Gasteiger partial charge in [0.05, 0.1) is 36.1 Å². The summed E-state index contributed by atoms with van der Waals surface area (Å²) >= 11 is 6.53. The Labute approximate surface area is 299 Å². The number of likely N-dealkylation sites (N-methyl/N-ethyl adjacent to an activating group) is 1. The predicted octanol–water partition coefficient (Wildman–Crippen LogP) is 6.65. The SMILES string of the molecule is COc1cc(N2CCC(N3CCN(C)CC3)CC2)c(NC(=O)c2ccc(C)cc2)cc1Nc1ncc(Cl)c(Nc2ccccc2P(C)(C)=O)n1. The van der Waals surface area contributed by atoms with Crippen molar-refractivity contribution in [3.8, 4) is 5.75 Å². The predicted molar refractivity (Wildman–Crippen MR) is 206 cm³/mol. The van der Waals surface area contributed by atoms with Crippen LogP contribution in [-0.4, -0.2) is 98.5 Å². The Morgan fingerprint density at radius 1 is 0.920 bits per heavy atom. The number of hydrogen-bond acceptors (Lipinski definition) is 10. The van der Waals surface area contributed by atoms with E-state index in [1.807, 2.05) is 67.6 Å². The highest BCUT2D eigenvalue weighted by Crippen LogP contribution is 2.41. The fourth-order valence-electron chi connectivity index (χ4n) is 6.57. The monoisotopic (exact) mass is 716 g/mol. The van der Waals surface area contributed by atoms with Gasteiger partial charge in [-0.05, 0) is 70.5 Å². The lowest BCUT2D eigenvalue weighted by Crippen LogP contribution is -2.52. The molecule has 0 bridgehead atoms. The number of aromatic nitrogens is 2. The van der Waals surface area contributed by atoms with Crippen LogP contribution in [0, 0.1) is 6.92 Å². The number of anilines is 6. The zero-order valence-corrected chi connectivity index (χ0v) is 31.0. The lowest BCUT2D eigenvalue weighted by molar-refractivity contribution is 0.0981. The van der Waals surface area contributed by atoms with E-state index in [-0.39, 0.29) is 11.9 Å². The van der Waals surface area contributed by atoms with Crippen LogP contribution in [0.5, 0.6) is 5.75 Å². The van der Waals surface area contributed by atoms with Crippen molar-refractivity contribution in [1.82, 2.24) is 19.8 Å². The first kappa shape index (κ1) is 35.7. The maximum absolute atomic E-state index is 13.6.